The molecule has 1 amide bonds. The average Bonchev–Trinajstić information content (AvgIpc) is 2.57. The summed E-state index contributed by atoms with van der Waals surface area (Å²) in [5.74, 6) is 0.0500. The number of carbonyl (C=O) groups excluding carboxylic acids is 1. The first-order valence-corrected chi connectivity index (χ1v) is 7.61. The van der Waals surface area contributed by atoms with E-state index in [1.165, 1.54) is 0 Å². The van der Waals surface area contributed by atoms with Gasteiger partial charge in [0.25, 0.3) is 0 Å². The van der Waals surface area contributed by atoms with Gasteiger partial charge in [-0.1, -0.05) is 12.1 Å². The van der Waals surface area contributed by atoms with Crippen molar-refractivity contribution in [1.29, 1.82) is 0 Å². The molecule has 1 aliphatic heterocycles. The van der Waals surface area contributed by atoms with Crippen LogP contribution in [0.15, 0.2) is 24.3 Å². The van der Waals surface area contributed by atoms with Crippen LogP contribution in [0.25, 0.3) is 0 Å². The Morgan fingerprint density at radius 1 is 1.44 bits per heavy atom. The molecule has 0 saturated carbocycles. The first-order valence-electron chi connectivity index (χ1n) is 5.79. The summed E-state index contributed by atoms with van der Waals surface area (Å²) in [5.41, 5.74) is 7.06. The Morgan fingerprint density at radius 2 is 2.22 bits per heavy atom. The molecule has 0 radical (unpaired) electrons. The monoisotopic (exact) mass is 268 g/mol. The fourth-order valence-corrected chi connectivity index (χ4v) is 3.75. The molecule has 98 valence electrons. The molecule has 1 fully saturated rings. The van der Waals surface area contributed by atoms with Crippen molar-refractivity contribution in [2.45, 2.75) is 18.9 Å². The number of nitrogen functional groups attached to an aromatic ring is 1. The van der Waals surface area contributed by atoms with Gasteiger partial charge in [0.1, 0.15) is 0 Å². The van der Waals surface area contributed by atoms with Crippen molar-refractivity contribution in [2.24, 2.45) is 0 Å². The largest absolute Gasteiger partial charge is 0.399 e. The smallest absolute Gasteiger partial charge is 0.224 e. The molecule has 3 N–H and O–H groups in total. The minimum atomic E-state index is -2.96. The molecule has 1 aromatic carbocycles. The molecule has 0 bridgehead atoms. The van der Waals surface area contributed by atoms with Crippen molar-refractivity contribution in [3.8, 4) is 0 Å². The van der Waals surface area contributed by atoms with Gasteiger partial charge >= 0.3 is 0 Å². The lowest BCUT2D eigenvalue weighted by Gasteiger charge is -2.10. The van der Waals surface area contributed by atoms with Gasteiger partial charge in [-0.3, -0.25) is 4.79 Å². The number of amides is 1. The molecule has 18 heavy (non-hydrogen) atoms. The van der Waals surface area contributed by atoms with Crippen molar-refractivity contribution in [3.05, 3.63) is 29.8 Å². The zero-order chi connectivity index (χ0) is 13.2. The Bertz CT molecular complexity index is 554. The summed E-state index contributed by atoms with van der Waals surface area (Å²) in [5, 5.41) is 2.74. The summed E-state index contributed by atoms with van der Waals surface area (Å²) in [6.45, 7) is 0. The van der Waals surface area contributed by atoms with Gasteiger partial charge in [-0.25, -0.2) is 8.42 Å². The van der Waals surface area contributed by atoms with Gasteiger partial charge in [-0.15, -0.1) is 0 Å². The van der Waals surface area contributed by atoms with Crippen molar-refractivity contribution >= 4 is 21.4 Å². The molecule has 1 heterocycles. The highest BCUT2D eigenvalue weighted by Gasteiger charge is 2.28. The second-order valence-electron chi connectivity index (χ2n) is 4.59. The Balaban J connectivity index is 1.90. The number of carbonyl (C=O) groups is 1. The van der Waals surface area contributed by atoms with Crippen LogP contribution in [0.4, 0.5) is 5.69 Å². The van der Waals surface area contributed by atoms with Crippen LogP contribution in [0.2, 0.25) is 0 Å². The fraction of sp³-hybridized carbons (Fsp3) is 0.417. The van der Waals surface area contributed by atoms with Gasteiger partial charge in [0.2, 0.25) is 5.91 Å². The van der Waals surface area contributed by atoms with Crippen LogP contribution in [0.5, 0.6) is 0 Å². The van der Waals surface area contributed by atoms with E-state index in [4.69, 9.17) is 5.73 Å². The van der Waals surface area contributed by atoms with Crippen molar-refractivity contribution in [1.82, 2.24) is 5.32 Å². The number of nitrogens with two attached hydrogens (primary N) is 1. The van der Waals surface area contributed by atoms with Gasteiger partial charge in [-0.05, 0) is 24.1 Å². The quantitative estimate of drug-likeness (QED) is 0.762. The Labute approximate surface area is 106 Å². The SMILES string of the molecule is Nc1cccc(CC(=O)NC2CCS(=O)(=O)C2)c1. The molecule has 1 aliphatic rings. The Kier molecular flexibility index (Phi) is 3.56. The molecular weight excluding hydrogens is 252 g/mol. The summed E-state index contributed by atoms with van der Waals surface area (Å²) in [6.07, 6.45) is 0.729. The van der Waals surface area contributed by atoms with E-state index in [1.807, 2.05) is 6.07 Å². The van der Waals surface area contributed by atoms with Gasteiger partial charge < -0.3 is 11.1 Å². The highest BCUT2D eigenvalue weighted by atomic mass is 32.2. The molecular formula is C12H16N2O3S. The van der Waals surface area contributed by atoms with E-state index >= 15 is 0 Å². The third-order valence-electron chi connectivity index (χ3n) is 2.91. The van der Waals surface area contributed by atoms with E-state index in [1.54, 1.807) is 18.2 Å². The molecule has 6 heteroatoms. The molecule has 5 nitrogen and oxygen atoms in total. The van der Waals surface area contributed by atoms with Crippen LogP contribution in [0.3, 0.4) is 0 Å². The third kappa shape index (κ3) is 3.46. The molecule has 0 aliphatic carbocycles. The van der Waals surface area contributed by atoms with Crippen molar-refractivity contribution in [3.63, 3.8) is 0 Å². The van der Waals surface area contributed by atoms with E-state index in [0.717, 1.165) is 5.56 Å². The molecule has 1 atom stereocenters. The predicted molar refractivity (Wildman–Crippen MR) is 69.8 cm³/mol. The number of hydrogen-bond acceptors (Lipinski definition) is 4. The van der Waals surface area contributed by atoms with Crippen LogP contribution >= 0.6 is 0 Å². The summed E-state index contributed by atoms with van der Waals surface area (Å²) in [7, 11) is -2.96. The topological polar surface area (TPSA) is 89.3 Å². The highest BCUT2D eigenvalue weighted by molar-refractivity contribution is 7.91. The number of sulfone groups is 1. The van der Waals surface area contributed by atoms with E-state index in [-0.39, 0.29) is 29.9 Å². The van der Waals surface area contributed by atoms with E-state index in [9.17, 15) is 13.2 Å². The number of nitrogens with one attached hydrogen (secondary N) is 1. The van der Waals surface area contributed by atoms with E-state index < -0.39 is 9.84 Å². The maximum absolute atomic E-state index is 11.7. The maximum Gasteiger partial charge on any atom is 0.224 e. The molecule has 2 rings (SSSR count). The number of anilines is 1. The second kappa shape index (κ2) is 4.97. The zero-order valence-electron chi connectivity index (χ0n) is 9.93. The Morgan fingerprint density at radius 3 is 2.83 bits per heavy atom. The maximum atomic E-state index is 11.7. The second-order valence-corrected chi connectivity index (χ2v) is 6.82. The molecule has 1 saturated heterocycles. The predicted octanol–water partition coefficient (Wildman–Crippen LogP) is 0.115. The van der Waals surface area contributed by atoms with Crippen LogP contribution in [0.1, 0.15) is 12.0 Å². The summed E-state index contributed by atoms with van der Waals surface area (Å²) >= 11 is 0. The minimum absolute atomic E-state index is 0.0513. The lowest BCUT2D eigenvalue weighted by Crippen LogP contribution is -2.36. The van der Waals surface area contributed by atoms with Gasteiger partial charge in [0.05, 0.1) is 17.9 Å². The first kappa shape index (κ1) is 12.9. The third-order valence-corrected chi connectivity index (χ3v) is 4.68. The van der Waals surface area contributed by atoms with Gasteiger partial charge in [0, 0.05) is 11.7 Å². The molecule has 1 aromatic rings. The average molecular weight is 268 g/mol. The lowest BCUT2D eigenvalue weighted by atomic mass is 10.1. The van der Waals surface area contributed by atoms with Gasteiger partial charge in [-0.2, -0.15) is 0 Å². The molecule has 1 unspecified atom stereocenters. The number of rotatable bonds is 3. The summed E-state index contributed by atoms with van der Waals surface area (Å²) in [4.78, 5) is 11.7. The lowest BCUT2D eigenvalue weighted by molar-refractivity contribution is -0.120. The van der Waals surface area contributed by atoms with Crippen LogP contribution in [0, 0.1) is 0 Å². The summed E-state index contributed by atoms with van der Waals surface area (Å²) in [6, 6.07) is 6.86. The van der Waals surface area contributed by atoms with Crippen molar-refractivity contribution < 1.29 is 13.2 Å². The first-order chi connectivity index (χ1) is 8.44. The molecule has 0 spiro atoms. The van der Waals surface area contributed by atoms with Crippen molar-refractivity contribution in [2.75, 3.05) is 17.2 Å². The summed E-state index contributed by atoms with van der Waals surface area (Å²) < 4.78 is 22.5. The van der Waals surface area contributed by atoms with E-state index in [2.05, 4.69) is 5.32 Å². The number of hydrogen-bond donors (Lipinski definition) is 2. The van der Waals surface area contributed by atoms with Crippen LogP contribution < -0.4 is 11.1 Å². The van der Waals surface area contributed by atoms with Crippen LogP contribution in [-0.2, 0) is 21.1 Å². The highest BCUT2D eigenvalue weighted by Crippen LogP contribution is 2.12. The normalized spacial score (nSPS) is 21.7. The minimum Gasteiger partial charge on any atom is -0.399 e. The van der Waals surface area contributed by atoms with Gasteiger partial charge in [0.15, 0.2) is 9.84 Å². The standard InChI is InChI=1S/C12H16N2O3S/c13-10-3-1-2-9(6-10)7-12(15)14-11-4-5-18(16,17)8-11/h1-3,6,11H,4-5,7-8,13H2,(H,14,15). The molecule has 0 aromatic heterocycles. The van der Waals surface area contributed by atoms with E-state index in [0.29, 0.717) is 12.1 Å². The van der Waals surface area contributed by atoms with Crippen LogP contribution in [-0.4, -0.2) is 31.9 Å². The zero-order valence-corrected chi connectivity index (χ0v) is 10.7. The fourth-order valence-electron chi connectivity index (χ4n) is 2.08. The Hall–Kier alpha value is -1.56. The number of benzene rings is 1.